The number of anilines is 1. The van der Waals surface area contributed by atoms with Crippen LogP contribution in [0.1, 0.15) is 18.4 Å². The van der Waals surface area contributed by atoms with Crippen molar-refractivity contribution in [1.29, 1.82) is 0 Å². The molecule has 0 N–H and O–H groups in total. The summed E-state index contributed by atoms with van der Waals surface area (Å²) in [5.74, 6) is 0.881. The molecule has 0 atom stereocenters. The van der Waals surface area contributed by atoms with Crippen LogP contribution in [-0.4, -0.2) is 43.4 Å². The molecule has 0 spiro atoms. The number of carbonyl (C=O) groups is 1. The summed E-state index contributed by atoms with van der Waals surface area (Å²) in [6.45, 7) is 7.13. The third-order valence-electron chi connectivity index (χ3n) is 3.82. The van der Waals surface area contributed by atoms with Crippen LogP contribution in [0.5, 0.6) is 5.75 Å². The zero-order chi connectivity index (χ0) is 15.9. The summed E-state index contributed by atoms with van der Waals surface area (Å²) in [5.41, 5.74) is 2.11. The van der Waals surface area contributed by atoms with E-state index >= 15 is 0 Å². The van der Waals surface area contributed by atoms with Crippen LogP contribution in [-0.2, 0) is 6.42 Å². The van der Waals surface area contributed by atoms with Crippen molar-refractivity contribution in [2.24, 2.45) is 0 Å². The van der Waals surface area contributed by atoms with Crippen LogP contribution in [0.25, 0.3) is 0 Å². The Balaban J connectivity index is 1.76. The molecule has 0 radical (unpaired) electrons. The first-order valence-corrected chi connectivity index (χ1v) is 8.12. The van der Waals surface area contributed by atoms with Gasteiger partial charge in [0, 0.05) is 18.8 Å². The van der Waals surface area contributed by atoms with E-state index in [2.05, 4.69) is 31.2 Å². The van der Waals surface area contributed by atoms with E-state index in [1.807, 2.05) is 24.3 Å². The maximum atomic E-state index is 11.4. The van der Waals surface area contributed by atoms with Crippen LogP contribution in [0.3, 0.4) is 0 Å². The zero-order valence-electron chi connectivity index (χ0n) is 13.1. The third-order valence-corrected chi connectivity index (χ3v) is 4.06. The molecule has 0 aliphatic carbocycles. The summed E-state index contributed by atoms with van der Waals surface area (Å²) in [5, 5.41) is -0.198. The van der Waals surface area contributed by atoms with Gasteiger partial charge in [0.1, 0.15) is 5.75 Å². The molecule has 1 aromatic carbocycles. The van der Waals surface area contributed by atoms with Gasteiger partial charge < -0.3 is 14.5 Å². The molecular weight excluding hydrogens is 296 g/mol. The van der Waals surface area contributed by atoms with Crippen molar-refractivity contribution in [3.8, 4) is 5.75 Å². The SMILES string of the molecule is C=CCN(C)CCCCOc1ccc2c(c1)CCN2C(=O)S. The quantitative estimate of drug-likeness (QED) is 0.453. The van der Waals surface area contributed by atoms with E-state index in [1.54, 1.807) is 4.90 Å². The molecule has 0 unspecified atom stereocenters. The second-order valence-electron chi connectivity index (χ2n) is 5.58. The van der Waals surface area contributed by atoms with Gasteiger partial charge in [0.2, 0.25) is 0 Å². The minimum absolute atomic E-state index is 0.198. The largest absolute Gasteiger partial charge is 0.494 e. The van der Waals surface area contributed by atoms with Crippen molar-refractivity contribution in [2.45, 2.75) is 19.3 Å². The molecule has 1 aliphatic rings. The molecule has 1 aliphatic heterocycles. The van der Waals surface area contributed by atoms with Crippen molar-refractivity contribution >= 4 is 23.6 Å². The van der Waals surface area contributed by atoms with Gasteiger partial charge in [-0.25, -0.2) is 0 Å². The molecule has 0 saturated carbocycles. The van der Waals surface area contributed by atoms with E-state index in [1.165, 1.54) is 0 Å². The number of amides is 1. The van der Waals surface area contributed by atoms with Gasteiger partial charge in [-0.3, -0.25) is 4.79 Å². The zero-order valence-corrected chi connectivity index (χ0v) is 14.0. The second-order valence-corrected chi connectivity index (χ2v) is 5.96. The molecule has 1 amide bonds. The summed E-state index contributed by atoms with van der Waals surface area (Å²) >= 11 is 3.90. The van der Waals surface area contributed by atoms with Crippen LogP contribution in [0.15, 0.2) is 30.9 Å². The summed E-state index contributed by atoms with van der Waals surface area (Å²) in [6.07, 6.45) is 4.92. The van der Waals surface area contributed by atoms with Gasteiger partial charge in [0.15, 0.2) is 0 Å². The van der Waals surface area contributed by atoms with Crippen molar-refractivity contribution in [2.75, 3.05) is 38.2 Å². The average Bonchev–Trinajstić information content (AvgIpc) is 2.90. The maximum Gasteiger partial charge on any atom is 0.283 e. The normalized spacial score (nSPS) is 13.3. The number of thiol groups is 1. The van der Waals surface area contributed by atoms with Crippen LogP contribution < -0.4 is 9.64 Å². The van der Waals surface area contributed by atoms with E-state index < -0.39 is 0 Å². The Morgan fingerprint density at radius 1 is 1.50 bits per heavy atom. The van der Waals surface area contributed by atoms with E-state index in [-0.39, 0.29) is 5.24 Å². The lowest BCUT2D eigenvalue weighted by Crippen LogP contribution is -2.22. The van der Waals surface area contributed by atoms with Gasteiger partial charge in [-0.15, -0.1) is 6.58 Å². The Morgan fingerprint density at radius 3 is 3.05 bits per heavy atom. The predicted octanol–water partition coefficient (Wildman–Crippen LogP) is 3.38. The number of fused-ring (bicyclic) bond motifs is 1. The highest BCUT2D eigenvalue weighted by molar-refractivity contribution is 7.96. The molecule has 0 saturated heterocycles. The lowest BCUT2D eigenvalue weighted by Gasteiger charge is -2.15. The topological polar surface area (TPSA) is 32.8 Å². The monoisotopic (exact) mass is 320 g/mol. The third kappa shape index (κ3) is 4.52. The molecule has 1 aromatic rings. The Morgan fingerprint density at radius 2 is 2.32 bits per heavy atom. The van der Waals surface area contributed by atoms with Gasteiger partial charge in [0.05, 0.1) is 6.61 Å². The van der Waals surface area contributed by atoms with E-state index in [0.717, 1.165) is 56.0 Å². The Hall–Kier alpha value is -1.46. The average molecular weight is 320 g/mol. The van der Waals surface area contributed by atoms with Crippen molar-refractivity contribution in [3.63, 3.8) is 0 Å². The standard InChI is InChI=1S/C17H24N2O2S/c1-3-9-18(2)10-4-5-12-21-15-6-7-16-14(13-15)8-11-19(16)17(20)22/h3,6-7,13H,1,4-5,8-12H2,2H3,(H,20,22). The highest BCUT2D eigenvalue weighted by Gasteiger charge is 2.22. The van der Waals surface area contributed by atoms with Crippen LogP contribution >= 0.6 is 12.6 Å². The fraction of sp³-hybridized carbons (Fsp3) is 0.471. The molecule has 4 nitrogen and oxygen atoms in total. The van der Waals surface area contributed by atoms with Crippen LogP contribution in [0, 0.1) is 0 Å². The first-order valence-electron chi connectivity index (χ1n) is 7.67. The predicted molar refractivity (Wildman–Crippen MR) is 94.3 cm³/mol. The number of hydrogen-bond acceptors (Lipinski definition) is 3. The Bertz CT molecular complexity index is 533. The maximum absolute atomic E-state index is 11.4. The van der Waals surface area contributed by atoms with Crippen molar-refractivity contribution in [1.82, 2.24) is 4.90 Å². The number of unbranched alkanes of at least 4 members (excludes halogenated alkanes) is 1. The van der Waals surface area contributed by atoms with E-state index in [9.17, 15) is 4.79 Å². The van der Waals surface area contributed by atoms with Crippen LogP contribution in [0.4, 0.5) is 10.5 Å². The molecule has 0 fully saturated rings. The lowest BCUT2D eigenvalue weighted by molar-refractivity contribution is 0.266. The number of nitrogens with zero attached hydrogens (tertiary/aromatic N) is 2. The first kappa shape index (κ1) is 16.9. The minimum Gasteiger partial charge on any atom is -0.494 e. The molecule has 120 valence electrons. The highest BCUT2D eigenvalue weighted by atomic mass is 32.1. The number of rotatable bonds is 8. The molecule has 22 heavy (non-hydrogen) atoms. The van der Waals surface area contributed by atoms with Gasteiger partial charge in [-0.05, 0) is 56.6 Å². The highest BCUT2D eigenvalue weighted by Crippen LogP contribution is 2.32. The molecule has 0 bridgehead atoms. The lowest BCUT2D eigenvalue weighted by atomic mass is 10.1. The first-order chi connectivity index (χ1) is 10.6. The second kappa shape index (κ2) is 8.25. The van der Waals surface area contributed by atoms with Crippen LogP contribution in [0.2, 0.25) is 0 Å². The minimum atomic E-state index is -0.198. The van der Waals surface area contributed by atoms with Gasteiger partial charge in [-0.1, -0.05) is 18.7 Å². The molecule has 2 rings (SSSR count). The molecule has 1 heterocycles. The summed E-state index contributed by atoms with van der Waals surface area (Å²) in [6, 6.07) is 5.91. The van der Waals surface area contributed by atoms with Gasteiger partial charge in [0.25, 0.3) is 5.24 Å². The number of ether oxygens (including phenoxy) is 1. The summed E-state index contributed by atoms with van der Waals surface area (Å²) in [7, 11) is 2.09. The van der Waals surface area contributed by atoms with E-state index in [0.29, 0.717) is 6.54 Å². The number of carbonyl (C=O) groups excluding carboxylic acids is 1. The fourth-order valence-electron chi connectivity index (χ4n) is 2.65. The van der Waals surface area contributed by atoms with Gasteiger partial charge in [-0.2, -0.15) is 0 Å². The number of benzene rings is 1. The summed E-state index contributed by atoms with van der Waals surface area (Å²) in [4.78, 5) is 15.3. The Labute approximate surface area is 138 Å². The summed E-state index contributed by atoms with van der Waals surface area (Å²) < 4.78 is 5.81. The van der Waals surface area contributed by atoms with Gasteiger partial charge >= 0.3 is 0 Å². The van der Waals surface area contributed by atoms with Crippen molar-refractivity contribution < 1.29 is 9.53 Å². The Kier molecular flexibility index (Phi) is 6.34. The number of hydrogen-bond donors (Lipinski definition) is 1. The molecule has 5 heteroatoms. The smallest absolute Gasteiger partial charge is 0.283 e. The molecule has 0 aromatic heterocycles. The number of likely N-dealkylation sites (N-methyl/N-ethyl adjacent to an activating group) is 1. The fourth-order valence-corrected chi connectivity index (χ4v) is 2.86. The van der Waals surface area contributed by atoms with Crippen molar-refractivity contribution in [3.05, 3.63) is 36.4 Å². The van der Waals surface area contributed by atoms with E-state index in [4.69, 9.17) is 4.74 Å². The molecular formula is C17H24N2O2S.